The van der Waals surface area contributed by atoms with Crippen LogP contribution in [0.2, 0.25) is 0 Å². The average molecular weight is 296 g/mol. The smallest absolute Gasteiger partial charge is 0.194 e. The predicted octanol–water partition coefficient (Wildman–Crippen LogP) is 3.03. The van der Waals surface area contributed by atoms with Crippen molar-refractivity contribution in [3.8, 4) is 0 Å². The van der Waals surface area contributed by atoms with Gasteiger partial charge in [0, 0.05) is 29.2 Å². The zero-order valence-corrected chi connectivity index (χ0v) is 12.5. The van der Waals surface area contributed by atoms with Crippen molar-refractivity contribution in [2.24, 2.45) is 0 Å². The van der Waals surface area contributed by atoms with Gasteiger partial charge in [-0.05, 0) is 25.7 Å². The molecule has 3 aromatic rings. The van der Waals surface area contributed by atoms with Gasteiger partial charge in [0.05, 0.1) is 5.69 Å². The van der Waals surface area contributed by atoms with Gasteiger partial charge in [-0.25, -0.2) is 9.97 Å². The van der Waals surface area contributed by atoms with Gasteiger partial charge in [0.2, 0.25) is 0 Å². The first-order chi connectivity index (χ1) is 8.78. The van der Waals surface area contributed by atoms with E-state index in [4.69, 9.17) is 0 Å². The summed E-state index contributed by atoms with van der Waals surface area (Å²) in [5.74, 6) is 0. The predicted molar refractivity (Wildman–Crippen MR) is 76.8 cm³/mol. The number of aromatic nitrogens is 3. The lowest BCUT2D eigenvalue weighted by Gasteiger charge is -2.01. The van der Waals surface area contributed by atoms with E-state index in [0.29, 0.717) is 0 Å². The minimum Gasteiger partial charge on any atom is -0.314 e. The fourth-order valence-electron chi connectivity index (χ4n) is 1.68. The molecule has 0 unspecified atom stereocenters. The lowest BCUT2D eigenvalue weighted by Crippen LogP contribution is -2.07. The summed E-state index contributed by atoms with van der Waals surface area (Å²) >= 11 is 4.97. The molecular weight excluding hydrogens is 284 g/mol. The molecule has 7 heteroatoms. The van der Waals surface area contributed by atoms with Crippen molar-refractivity contribution in [3.05, 3.63) is 28.3 Å². The zero-order chi connectivity index (χ0) is 12.5. The Morgan fingerprint density at radius 2 is 2.28 bits per heavy atom. The Kier molecular flexibility index (Phi) is 3.38. The number of imidazole rings is 1. The number of fused-ring (bicyclic) bond motifs is 1. The molecule has 0 radical (unpaired) electrons. The molecular formula is C11H12N4S3. The van der Waals surface area contributed by atoms with Gasteiger partial charge in [-0.15, -0.1) is 22.7 Å². The molecule has 1 N–H and O–H groups in total. The number of rotatable bonds is 4. The summed E-state index contributed by atoms with van der Waals surface area (Å²) in [6.45, 7) is 2.82. The van der Waals surface area contributed by atoms with Crippen molar-refractivity contribution in [1.82, 2.24) is 19.7 Å². The Labute approximate surface area is 117 Å². The Bertz CT molecular complexity index is 667. The number of nitrogens with zero attached hydrogens (tertiary/aromatic N) is 3. The van der Waals surface area contributed by atoms with Crippen LogP contribution in [0.3, 0.4) is 0 Å². The van der Waals surface area contributed by atoms with Gasteiger partial charge in [-0.3, -0.25) is 4.40 Å². The third-order valence-electron chi connectivity index (χ3n) is 2.45. The second kappa shape index (κ2) is 5.00. The second-order valence-corrected chi connectivity index (χ2v) is 6.77. The summed E-state index contributed by atoms with van der Waals surface area (Å²) in [6.07, 6.45) is 2.07. The van der Waals surface area contributed by atoms with Crippen molar-refractivity contribution in [2.75, 3.05) is 7.05 Å². The minimum absolute atomic E-state index is 0.810. The third-order valence-corrected chi connectivity index (χ3v) is 5.28. The Morgan fingerprint density at radius 1 is 1.39 bits per heavy atom. The molecule has 0 saturated carbocycles. The molecule has 3 heterocycles. The fraction of sp³-hybridized carbons (Fsp3) is 0.273. The highest BCUT2D eigenvalue weighted by molar-refractivity contribution is 8.01. The summed E-state index contributed by atoms with van der Waals surface area (Å²) in [7, 11) is 1.95. The van der Waals surface area contributed by atoms with Crippen LogP contribution in [-0.2, 0) is 6.54 Å². The lowest BCUT2D eigenvalue weighted by molar-refractivity contribution is 0.765. The SMILES string of the molecule is CNCc1c(Sc2nc(C)cs2)nc2sccn12. The van der Waals surface area contributed by atoms with Crippen LogP contribution < -0.4 is 5.32 Å². The molecule has 3 rings (SSSR count). The molecule has 0 bridgehead atoms. The van der Waals surface area contributed by atoms with Crippen molar-refractivity contribution < 1.29 is 0 Å². The van der Waals surface area contributed by atoms with E-state index in [1.54, 1.807) is 34.4 Å². The van der Waals surface area contributed by atoms with Crippen LogP contribution in [0.15, 0.2) is 26.3 Å². The average Bonchev–Trinajstić information content (AvgIpc) is 3.00. The van der Waals surface area contributed by atoms with Gasteiger partial charge < -0.3 is 5.32 Å². The molecule has 0 saturated heterocycles. The number of thiazole rings is 2. The highest BCUT2D eigenvalue weighted by Crippen LogP contribution is 2.33. The fourth-order valence-corrected chi connectivity index (χ4v) is 4.35. The van der Waals surface area contributed by atoms with E-state index in [1.807, 2.05) is 14.0 Å². The molecule has 0 aliphatic heterocycles. The highest BCUT2D eigenvalue weighted by atomic mass is 32.2. The van der Waals surface area contributed by atoms with Crippen LogP contribution in [0.5, 0.6) is 0 Å². The number of nitrogens with one attached hydrogen (secondary N) is 1. The maximum Gasteiger partial charge on any atom is 0.194 e. The number of hydrogen-bond acceptors (Lipinski definition) is 6. The number of aryl methyl sites for hydroxylation is 1. The van der Waals surface area contributed by atoms with Gasteiger partial charge in [0.15, 0.2) is 9.30 Å². The van der Waals surface area contributed by atoms with Crippen molar-refractivity contribution in [3.63, 3.8) is 0 Å². The molecule has 0 aliphatic rings. The maximum atomic E-state index is 4.67. The van der Waals surface area contributed by atoms with Gasteiger partial charge in [0.1, 0.15) is 5.03 Å². The Morgan fingerprint density at radius 3 is 3.00 bits per heavy atom. The summed E-state index contributed by atoms with van der Waals surface area (Å²) in [5, 5.41) is 8.37. The van der Waals surface area contributed by atoms with Crippen molar-refractivity contribution >= 4 is 39.4 Å². The van der Waals surface area contributed by atoms with E-state index in [2.05, 4.69) is 36.6 Å². The molecule has 18 heavy (non-hydrogen) atoms. The zero-order valence-electron chi connectivity index (χ0n) is 10.0. The normalized spacial score (nSPS) is 11.4. The van der Waals surface area contributed by atoms with E-state index in [9.17, 15) is 0 Å². The largest absolute Gasteiger partial charge is 0.314 e. The van der Waals surface area contributed by atoms with E-state index < -0.39 is 0 Å². The van der Waals surface area contributed by atoms with E-state index in [0.717, 1.165) is 26.6 Å². The maximum absolute atomic E-state index is 4.67. The summed E-state index contributed by atoms with van der Waals surface area (Å²) < 4.78 is 3.19. The first kappa shape index (κ1) is 12.2. The summed E-state index contributed by atoms with van der Waals surface area (Å²) in [6, 6.07) is 0. The minimum atomic E-state index is 0.810. The van der Waals surface area contributed by atoms with Crippen LogP contribution in [0, 0.1) is 6.92 Å². The molecule has 94 valence electrons. The van der Waals surface area contributed by atoms with E-state index >= 15 is 0 Å². The van der Waals surface area contributed by atoms with Crippen LogP contribution >= 0.6 is 34.4 Å². The second-order valence-electron chi connectivity index (χ2n) is 3.81. The van der Waals surface area contributed by atoms with E-state index in [-0.39, 0.29) is 0 Å². The van der Waals surface area contributed by atoms with Gasteiger partial charge in [-0.2, -0.15) is 0 Å². The first-order valence-corrected chi connectivity index (χ1v) is 8.04. The molecule has 0 aromatic carbocycles. The molecule has 3 aromatic heterocycles. The van der Waals surface area contributed by atoms with Crippen molar-refractivity contribution in [1.29, 1.82) is 0 Å². The van der Waals surface area contributed by atoms with Gasteiger partial charge in [0.25, 0.3) is 0 Å². The molecule has 0 fully saturated rings. The van der Waals surface area contributed by atoms with Crippen LogP contribution in [0.25, 0.3) is 4.96 Å². The van der Waals surface area contributed by atoms with E-state index in [1.165, 1.54) is 5.69 Å². The van der Waals surface area contributed by atoms with Crippen LogP contribution in [0.4, 0.5) is 0 Å². The molecule has 0 aliphatic carbocycles. The number of hydrogen-bond donors (Lipinski definition) is 1. The quantitative estimate of drug-likeness (QED) is 0.803. The van der Waals surface area contributed by atoms with Crippen LogP contribution in [0.1, 0.15) is 11.4 Å². The van der Waals surface area contributed by atoms with Gasteiger partial charge >= 0.3 is 0 Å². The molecule has 4 nitrogen and oxygen atoms in total. The highest BCUT2D eigenvalue weighted by Gasteiger charge is 2.14. The topological polar surface area (TPSA) is 42.2 Å². The first-order valence-electron chi connectivity index (χ1n) is 5.47. The molecule has 0 spiro atoms. The molecule has 0 atom stereocenters. The third kappa shape index (κ3) is 2.18. The monoisotopic (exact) mass is 296 g/mol. The van der Waals surface area contributed by atoms with Crippen LogP contribution in [-0.4, -0.2) is 21.4 Å². The van der Waals surface area contributed by atoms with Crippen molar-refractivity contribution in [2.45, 2.75) is 22.8 Å². The van der Waals surface area contributed by atoms with Gasteiger partial charge in [-0.1, -0.05) is 0 Å². The summed E-state index contributed by atoms with van der Waals surface area (Å²) in [4.78, 5) is 10.2. The lowest BCUT2D eigenvalue weighted by atomic mass is 10.5. The Hall–Kier alpha value is -0.890. The standard InChI is InChI=1S/C11H12N4S3/c1-7-6-17-11(13-7)18-9-8(5-12-2)15-3-4-16-10(15)14-9/h3-4,6,12H,5H2,1-2H3. The Balaban J connectivity index is 1.99. The summed E-state index contributed by atoms with van der Waals surface area (Å²) in [5.41, 5.74) is 2.27. The molecule has 0 amide bonds.